The molecule has 106 valence electrons. The normalized spacial score (nSPS) is 12.4. The van der Waals surface area contributed by atoms with Crippen molar-refractivity contribution in [2.24, 2.45) is 5.92 Å². The molecule has 0 heterocycles. The van der Waals surface area contributed by atoms with Gasteiger partial charge in [0, 0.05) is 0 Å². The molecule has 2 N–H and O–H groups in total. The molecule has 0 amide bonds. The van der Waals surface area contributed by atoms with Crippen molar-refractivity contribution < 1.29 is 9.90 Å². The fraction of sp³-hybridized carbons (Fsp3) is 0.562. The SMILES string of the molecule is Cc1cc(C)c(CCNCCC(C)C(=O)O)cc1C. The zero-order chi connectivity index (χ0) is 14.4. The van der Waals surface area contributed by atoms with Gasteiger partial charge in [0.25, 0.3) is 0 Å². The summed E-state index contributed by atoms with van der Waals surface area (Å²) in [5, 5.41) is 12.1. The lowest BCUT2D eigenvalue weighted by molar-refractivity contribution is -0.141. The minimum absolute atomic E-state index is 0.268. The van der Waals surface area contributed by atoms with Crippen LogP contribution in [0.5, 0.6) is 0 Å². The summed E-state index contributed by atoms with van der Waals surface area (Å²) in [5.41, 5.74) is 5.38. The van der Waals surface area contributed by atoms with E-state index in [1.807, 2.05) is 0 Å². The summed E-state index contributed by atoms with van der Waals surface area (Å²) in [4.78, 5) is 10.7. The Morgan fingerprint density at radius 2 is 1.79 bits per heavy atom. The van der Waals surface area contributed by atoms with Crippen LogP contribution in [-0.4, -0.2) is 24.2 Å². The van der Waals surface area contributed by atoms with Crippen molar-refractivity contribution >= 4 is 5.97 Å². The average Bonchev–Trinajstić information content (AvgIpc) is 2.34. The van der Waals surface area contributed by atoms with Crippen LogP contribution in [0.3, 0.4) is 0 Å². The molecule has 3 heteroatoms. The topological polar surface area (TPSA) is 49.3 Å². The first-order valence-electron chi connectivity index (χ1n) is 6.92. The van der Waals surface area contributed by atoms with Crippen LogP contribution in [0.2, 0.25) is 0 Å². The van der Waals surface area contributed by atoms with Crippen molar-refractivity contribution in [2.75, 3.05) is 13.1 Å². The first-order valence-corrected chi connectivity index (χ1v) is 6.92. The highest BCUT2D eigenvalue weighted by Crippen LogP contribution is 2.15. The number of aryl methyl sites for hydroxylation is 3. The molecule has 1 atom stereocenters. The first-order chi connectivity index (χ1) is 8.91. The van der Waals surface area contributed by atoms with Gasteiger partial charge in [0.2, 0.25) is 0 Å². The van der Waals surface area contributed by atoms with E-state index in [2.05, 4.69) is 38.2 Å². The molecule has 0 bridgehead atoms. The van der Waals surface area contributed by atoms with Crippen LogP contribution in [0.15, 0.2) is 12.1 Å². The smallest absolute Gasteiger partial charge is 0.306 e. The lowest BCUT2D eigenvalue weighted by Gasteiger charge is -2.11. The summed E-state index contributed by atoms with van der Waals surface area (Å²) >= 11 is 0. The van der Waals surface area contributed by atoms with Crippen molar-refractivity contribution in [3.63, 3.8) is 0 Å². The second-order valence-electron chi connectivity index (χ2n) is 5.39. The zero-order valence-electron chi connectivity index (χ0n) is 12.4. The third-order valence-corrected chi connectivity index (χ3v) is 3.70. The van der Waals surface area contributed by atoms with Crippen LogP contribution in [0.1, 0.15) is 35.6 Å². The van der Waals surface area contributed by atoms with E-state index in [0.29, 0.717) is 6.42 Å². The standard InChI is InChI=1S/C16H25NO2/c1-11(16(18)19)5-7-17-8-6-15-10-13(3)12(2)9-14(15)4/h9-11,17H,5-8H2,1-4H3,(H,18,19). The maximum atomic E-state index is 10.7. The Morgan fingerprint density at radius 1 is 1.16 bits per heavy atom. The fourth-order valence-corrected chi connectivity index (χ4v) is 2.08. The number of hydrogen-bond acceptors (Lipinski definition) is 2. The largest absolute Gasteiger partial charge is 0.481 e. The van der Waals surface area contributed by atoms with Gasteiger partial charge < -0.3 is 10.4 Å². The predicted octanol–water partition coefficient (Wildman–Crippen LogP) is 2.85. The molecule has 19 heavy (non-hydrogen) atoms. The van der Waals surface area contributed by atoms with E-state index in [1.165, 1.54) is 22.3 Å². The number of hydrogen-bond donors (Lipinski definition) is 2. The Morgan fingerprint density at radius 3 is 2.42 bits per heavy atom. The van der Waals surface area contributed by atoms with Crippen molar-refractivity contribution in [1.82, 2.24) is 5.32 Å². The highest BCUT2D eigenvalue weighted by Gasteiger charge is 2.09. The first kappa shape index (κ1) is 15.7. The second-order valence-corrected chi connectivity index (χ2v) is 5.39. The monoisotopic (exact) mass is 263 g/mol. The summed E-state index contributed by atoms with van der Waals surface area (Å²) in [6.07, 6.45) is 1.68. The molecular weight excluding hydrogens is 238 g/mol. The van der Waals surface area contributed by atoms with E-state index in [1.54, 1.807) is 6.92 Å². The van der Waals surface area contributed by atoms with Crippen LogP contribution in [0, 0.1) is 26.7 Å². The molecule has 1 aromatic rings. The fourth-order valence-electron chi connectivity index (χ4n) is 2.08. The van der Waals surface area contributed by atoms with Crippen molar-refractivity contribution in [3.05, 3.63) is 34.4 Å². The molecule has 1 unspecified atom stereocenters. The summed E-state index contributed by atoms with van der Waals surface area (Å²) in [6.45, 7) is 9.83. The lowest BCUT2D eigenvalue weighted by Crippen LogP contribution is -2.22. The highest BCUT2D eigenvalue weighted by atomic mass is 16.4. The van der Waals surface area contributed by atoms with Gasteiger partial charge in [-0.3, -0.25) is 4.79 Å². The summed E-state index contributed by atoms with van der Waals surface area (Å²) in [6, 6.07) is 4.49. The maximum Gasteiger partial charge on any atom is 0.306 e. The molecule has 0 aliphatic carbocycles. The molecule has 0 saturated heterocycles. The van der Waals surface area contributed by atoms with E-state index < -0.39 is 5.97 Å². The highest BCUT2D eigenvalue weighted by molar-refractivity contribution is 5.69. The Hall–Kier alpha value is -1.35. The minimum atomic E-state index is -0.716. The van der Waals surface area contributed by atoms with Gasteiger partial charge in [0.1, 0.15) is 0 Å². The maximum absolute atomic E-state index is 10.7. The van der Waals surface area contributed by atoms with Gasteiger partial charge in [0.15, 0.2) is 0 Å². The van der Waals surface area contributed by atoms with Crippen LogP contribution in [-0.2, 0) is 11.2 Å². The van der Waals surface area contributed by atoms with Crippen molar-refractivity contribution in [3.8, 4) is 0 Å². The van der Waals surface area contributed by atoms with Crippen LogP contribution >= 0.6 is 0 Å². The lowest BCUT2D eigenvalue weighted by atomic mass is 9.99. The number of carboxylic acids is 1. The summed E-state index contributed by atoms with van der Waals surface area (Å²) in [7, 11) is 0. The molecular formula is C16H25NO2. The van der Waals surface area contributed by atoms with Crippen molar-refractivity contribution in [1.29, 1.82) is 0 Å². The minimum Gasteiger partial charge on any atom is -0.481 e. The van der Waals surface area contributed by atoms with Gasteiger partial charge in [-0.1, -0.05) is 19.1 Å². The van der Waals surface area contributed by atoms with E-state index in [0.717, 1.165) is 19.5 Å². The van der Waals surface area contributed by atoms with Crippen LogP contribution in [0.4, 0.5) is 0 Å². The third kappa shape index (κ3) is 5.03. The zero-order valence-corrected chi connectivity index (χ0v) is 12.4. The summed E-state index contributed by atoms with van der Waals surface area (Å²) < 4.78 is 0. The van der Waals surface area contributed by atoms with Gasteiger partial charge in [-0.05, 0) is 69.0 Å². The van der Waals surface area contributed by atoms with E-state index in [4.69, 9.17) is 5.11 Å². The molecule has 0 radical (unpaired) electrons. The van der Waals surface area contributed by atoms with Crippen LogP contribution in [0.25, 0.3) is 0 Å². The molecule has 0 spiro atoms. The third-order valence-electron chi connectivity index (χ3n) is 3.70. The van der Waals surface area contributed by atoms with Gasteiger partial charge >= 0.3 is 5.97 Å². The van der Waals surface area contributed by atoms with Gasteiger partial charge in [0.05, 0.1) is 5.92 Å². The summed E-state index contributed by atoms with van der Waals surface area (Å²) in [5.74, 6) is -0.984. The number of aliphatic carboxylic acids is 1. The van der Waals surface area contributed by atoms with Gasteiger partial charge in [-0.15, -0.1) is 0 Å². The molecule has 0 fully saturated rings. The Balaban J connectivity index is 2.34. The number of benzene rings is 1. The Kier molecular flexibility index (Phi) is 6.03. The molecule has 0 aliphatic rings. The van der Waals surface area contributed by atoms with E-state index in [-0.39, 0.29) is 5.92 Å². The van der Waals surface area contributed by atoms with Gasteiger partial charge in [-0.25, -0.2) is 0 Å². The molecule has 0 aliphatic heterocycles. The molecule has 3 nitrogen and oxygen atoms in total. The molecule has 1 rings (SSSR count). The van der Waals surface area contributed by atoms with E-state index in [9.17, 15) is 4.79 Å². The quantitative estimate of drug-likeness (QED) is 0.744. The number of rotatable bonds is 7. The molecule has 0 aromatic heterocycles. The second kappa shape index (κ2) is 7.29. The van der Waals surface area contributed by atoms with Crippen molar-refractivity contribution in [2.45, 2.75) is 40.5 Å². The Bertz CT molecular complexity index is 441. The van der Waals surface area contributed by atoms with E-state index >= 15 is 0 Å². The molecule has 1 aromatic carbocycles. The Labute approximate surface area is 116 Å². The predicted molar refractivity (Wildman–Crippen MR) is 78.6 cm³/mol. The molecule has 0 saturated carbocycles. The number of nitrogens with one attached hydrogen (secondary N) is 1. The number of carbonyl (C=O) groups is 1. The van der Waals surface area contributed by atoms with Gasteiger partial charge in [-0.2, -0.15) is 0 Å². The average molecular weight is 263 g/mol. The number of carboxylic acid groups (broad SMARTS) is 1. The van der Waals surface area contributed by atoms with Crippen LogP contribution < -0.4 is 5.32 Å².